The number of carbonyl (C=O) groups excluding carboxylic acids is 1. The monoisotopic (exact) mass is 305 g/mol. The van der Waals surface area contributed by atoms with Crippen molar-refractivity contribution in [3.05, 3.63) is 65.2 Å². The number of benzene rings is 2. The molecule has 0 aliphatic carbocycles. The van der Waals surface area contributed by atoms with Gasteiger partial charge < -0.3 is 9.84 Å². The van der Waals surface area contributed by atoms with Gasteiger partial charge in [0.05, 0.1) is 0 Å². The molecule has 6 heteroatoms. The number of carboxylic acids is 1. The van der Waals surface area contributed by atoms with Gasteiger partial charge in [-0.3, -0.25) is 5.32 Å². The molecule has 0 aliphatic heterocycles. The van der Waals surface area contributed by atoms with Crippen LogP contribution in [0.1, 0.15) is 11.7 Å². The molecule has 2 aromatic rings. The molecule has 2 N–H and O–H groups in total. The predicted octanol–water partition coefficient (Wildman–Crippen LogP) is 3.71. The van der Waals surface area contributed by atoms with E-state index >= 15 is 0 Å². The van der Waals surface area contributed by atoms with Crippen molar-refractivity contribution in [3.8, 4) is 0 Å². The average molecular weight is 306 g/mol. The predicted molar refractivity (Wildman–Crippen MR) is 78.4 cm³/mol. The van der Waals surface area contributed by atoms with Gasteiger partial charge in [-0.25, -0.2) is 9.59 Å². The zero-order chi connectivity index (χ0) is 15.2. The van der Waals surface area contributed by atoms with Gasteiger partial charge in [0.1, 0.15) is 0 Å². The van der Waals surface area contributed by atoms with Gasteiger partial charge in [-0.2, -0.15) is 0 Å². The number of carbonyl (C=O) groups is 2. The fourth-order valence-corrected chi connectivity index (χ4v) is 1.80. The molecule has 0 heterocycles. The Morgan fingerprint density at radius 3 is 2.24 bits per heavy atom. The highest BCUT2D eigenvalue weighted by Gasteiger charge is 2.24. The molecule has 0 spiro atoms. The number of amides is 1. The summed E-state index contributed by atoms with van der Waals surface area (Å²) >= 11 is 5.73. The molecule has 5 nitrogen and oxygen atoms in total. The fourth-order valence-electron chi connectivity index (χ4n) is 1.68. The zero-order valence-electron chi connectivity index (χ0n) is 10.8. The minimum absolute atomic E-state index is 0.385. The maximum atomic E-state index is 11.8. The molecular weight excluding hydrogens is 294 g/mol. The summed E-state index contributed by atoms with van der Waals surface area (Å²) in [7, 11) is 0. The lowest BCUT2D eigenvalue weighted by molar-refractivity contribution is -0.146. The lowest BCUT2D eigenvalue weighted by Gasteiger charge is -2.14. The average Bonchev–Trinajstić information content (AvgIpc) is 2.48. The fraction of sp³-hybridized carbons (Fsp3) is 0.0667. The number of carboxylic acid groups (broad SMARTS) is 1. The SMILES string of the molecule is O=C(Nc1ccc(Cl)cc1)O[C@@H](C(=O)O)c1ccccc1. The largest absolute Gasteiger partial charge is 0.478 e. The van der Waals surface area contributed by atoms with Gasteiger partial charge in [0.15, 0.2) is 0 Å². The molecule has 0 unspecified atom stereocenters. The van der Waals surface area contributed by atoms with E-state index in [4.69, 9.17) is 21.4 Å². The minimum atomic E-state index is -1.36. The summed E-state index contributed by atoms with van der Waals surface area (Å²) < 4.78 is 4.95. The second kappa shape index (κ2) is 6.76. The summed E-state index contributed by atoms with van der Waals surface area (Å²) in [5, 5.41) is 12.1. The van der Waals surface area contributed by atoms with Gasteiger partial charge in [0.25, 0.3) is 0 Å². The third-order valence-electron chi connectivity index (χ3n) is 2.64. The second-order valence-electron chi connectivity index (χ2n) is 4.17. The Kier molecular flexibility index (Phi) is 4.79. The van der Waals surface area contributed by atoms with Crippen molar-refractivity contribution >= 4 is 29.4 Å². The number of rotatable bonds is 4. The van der Waals surface area contributed by atoms with Gasteiger partial charge in [-0.1, -0.05) is 41.9 Å². The Hall–Kier alpha value is -2.53. The van der Waals surface area contributed by atoms with Crippen LogP contribution >= 0.6 is 11.6 Å². The first kappa shape index (κ1) is 14.9. The number of nitrogens with one attached hydrogen (secondary N) is 1. The highest BCUT2D eigenvalue weighted by Crippen LogP contribution is 2.19. The number of anilines is 1. The van der Waals surface area contributed by atoms with Crippen molar-refractivity contribution in [2.45, 2.75) is 6.10 Å². The highest BCUT2D eigenvalue weighted by molar-refractivity contribution is 6.30. The van der Waals surface area contributed by atoms with Crippen LogP contribution in [0.5, 0.6) is 0 Å². The van der Waals surface area contributed by atoms with Crippen LogP contribution in [-0.2, 0) is 9.53 Å². The summed E-state index contributed by atoms with van der Waals surface area (Å²) in [5.41, 5.74) is 0.845. The van der Waals surface area contributed by atoms with E-state index < -0.39 is 18.2 Å². The molecule has 0 bridgehead atoms. The van der Waals surface area contributed by atoms with Crippen molar-refractivity contribution in [1.82, 2.24) is 0 Å². The van der Waals surface area contributed by atoms with Crippen LogP contribution in [0.4, 0.5) is 10.5 Å². The summed E-state index contributed by atoms with van der Waals surface area (Å²) in [6, 6.07) is 14.6. The summed E-state index contributed by atoms with van der Waals surface area (Å²) in [4.78, 5) is 23.0. The van der Waals surface area contributed by atoms with E-state index in [1.165, 1.54) is 0 Å². The van der Waals surface area contributed by atoms with E-state index in [9.17, 15) is 9.59 Å². The molecule has 21 heavy (non-hydrogen) atoms. The maximum absolute atomic E-state index is 11.8. The molecule has 0 aromatic heterocycles. The number of hydrogen-bond donors (Lipinski definition) is 2. The normalized spacial score (nSPS) is 11.5. The van der Waals surface area contributed by atoms with Crippen LogP contribution in [-0.4, -0.2) is 17.2 Å². The van der Waals surface area contributed by atoms with Crippen LogP contribution < -0.4 is 5.32 Å². The quantitative estimate of drug-likeness (QED) is 0.902. The molecule has 0 saturated heterocycles. The van der Waals surface area contributed by atoms with Crippen LogP contribution in [0, 0.1) is 0 Å². The molecule has 1 amide bonds. The summed E-state index contributed by atoms with van der Waals surface area (Å²) in [5.74, 6) is -1.24. The first-order valence-corrected chi connectivity index (χ1v) is 6.45. The van der Waals surface area contributed by atoms with E-state index in [1.807, 2.05) is 0 Å². The first-order valence-electron chi connectivity index (χ1n) is 6.07. The van der Waals surface area contributed by atoms with E-state index in [-0.39, 0.29) is 0 Å². The van der Waals surface area contributed by atoms with Gasteiger partial charge in [-0.15, -0.1) is 0 Å². The Morgan fingerprint density at radius 1 is 1.05 bits per heavy atom. The molecular formula is C15H12ClNO4. The highest BCUT2D eigenvalue weighted by atomic mass is 35.5. The molecule has 2 aromatic carbocycles. The lowest BCUT2D eigenvalue weighted by Crippen LogP contribution is -2.22. The third kappa shape index (κ3) is 4.22. The smallest absolute Gasteiger partial charge is 0.412 e. The van der Waals surface area contributed by atoms with Gasteiger partial charge >= 0.3 is 12.1 Å². The number of ether oxygens (including phenoxy) is 1. The molecule has 0 saturated carbocycles. The summed E-state index contributed by atoms with van der Waals surface area (Å²) in [6.45, 7) is 0. The van der Waals surface area contributed by atoms with E-state index in [2.05, 4.69) is 5.32 Å². The van der Waals surface area contributed by atoms with Crippen molar-refractivity contribution in [2.75, 3.05) is 5.32 Å². The molecule has 0 aliphatic rings. The Balaban J connectivity index is 2.05. The Bertz CT molecular complexity index is 628. The second-order valence-corrected chi connectivity index (χ2v) is 4.60. The molecule has 1 atom stereocenters. The standard InChI is InChI=1S/C15H12ClNO4/c16-11-6-8-12(9-7-11)17-15(20)21-13(14(18)19)10-4-2-1-3-5-10/h1-9,13H,(H,17,20)(H,18,19)/t13-/m1/s1. The van der Waals surface area contributed by atoms with Gasteiger partial charge in [-0.05, 0) is 24.3 Å². The van der Waals surface area contributed by atoms with E-state index in [1.54, 1.807) is 54.6 Å². The van der Waals surface area contributed by atoms with Gasteiger partial charge in [0.2, 0.25) is 6.10 Å². The van der Waals surface area contributed by atoms with Crippen LogP contribution in [0.3, 0.4) is 0 Å². The van der Waals surface area contributed by atoms with Gasteiger partial charge in [0, 0.05) is 16.3 Å². The van der Waals surface area contributed by atoms with E-state index in [0.29, 0.717) is 16.3 Å². The topological polar surface area (TPSA) is 75.6 Å². The molecule has 108 valence electrons. The number of aliphatic carboxylic acids is 1. The maximum Gasteiger partial charge on any atom is 0.412 e. The zero-order valence-corrected chi connectivity index (χ0v) is 11.6. The van der Waals surface area contributed by atoms with Crippen LogP contribution in [0.25, 0.3) is 0 Å². The summed E-state index contributed by atoms with van der Waals surface area (Å²) in [6.07, 6.45) is -2.22. The number of halogens is 1. The number of hydrogen-bond acceptors (Lipinski definition) is 3. The first-order chi connectivity index (χ1) is 10.1. The Morgan fingerprint density at radius 2 is 1.67 bits per heavy atom. The third-order valence-corrected chi connectivity index (χ3v) is 2.89. The lowest BCUT2D eigenvalue weighted by atomic mass is 10.1. The van der Waals surface area contributed by atoms with Crippen LogP contribution in [0.2, 0.25) is 5.02 Å². The van der Waals surface area contributed by atoms with Crippen molar-refractivity contribution < 1.29 is 19.4 Å². The Labute approximate surface area is 126 Å². The molecule has 0 radical (unpaired) electrons. The van der Waals surface area contributed by atoms with Crippen molar-refractivity contribution in [3.63, 3.8) is 0 Å². The van der Waals surface area contributed by atoms with Crippen LogP contribution in [0.15, 0.2) is 54.6 Å². The molecule has 0 fully saturated rings. The minimum Gasteiger partial charge on any atom is -0.478 e. The molecule has 2 rings (SSSR count). The van der Waals surface area contributed by atoms with Crippen molar-refractivity contribution in [2.24, 2.45) is 0 Å². The van der Waals surface area contributed by atoms with Crippen molar-refractivity contribution in [1.29, 1.82) is 0 Å². The van der Waals surface area contributed by atoms with E-state index in [0.717, 1.165) is 0 Å².